The van der Waals surface area contributed by atoms with Gasteiger partial charge in [0.25, 0.3) is 0 Å². The van der Waals surface area contributed by atoms with E-state index >= 15 is 0 Å². The molecule has 2 rings (SSSR count). The van der Waals surface area contributed by atoms with Crippen LogP contribution in [0.5, 0.6) is 5.75 Å². The number of carbonyl (C=O) groups is 2. The number of hydrogen-bond acceptors (Lipinski definition) is 4. The molecule has 1 aliphatic carbocycles. The molecule has 1 aromatic carbocycles. The van der Waals surface area contributed by atoms with Crippen molar-refractivity contribution in [2.24, 2.45) is 0 Å². The Morgan fingerprint density at radius 2 is 1.65 bits per heavy atom. The predicted molar refractivity (Wildman–Crippen MR) is 90.2 cm³/mol. The lowest BCUT2D eigenvalue weighted by atomic mass is 9.98. The minimum Gasteiger partial charge on any atom is -0.459 e. The molecule has 4 heteroatoms. The van der Waals surface area contributed by atoms with Crippen LogP contribution in [0.1, 0.15) is 37.7 Å². The molecule has 0 saturated heterocycles. The van der Waals surface area contributed by atoms with Gasteiger partial charge in [-0.15, -0.1) is 0 Å². The first-order valence-electron chi connectivity index (χ1n) is 7.79. The highest BCUT2D eigenvalue weighted by Gasteiger charge is 2.15. The fraction of sp³-hybridized carbons (Fsp3) is 0.368. The molecular weight excluding hydrogens is 292 g/mol. The third-order valence-corrected chi connectivity index (χ3v) is 3.47. The van der Waals surface area contributed by atoms with E-state index in [1.54, 1.807) is 6.07 Å². The number of ether oxygens (including phenoxy) is 2. The molecule has 1 saturated carbocycles. The van der Waals surface area contributed by atoms with E-state index in [1.807, 2.05) is 25.1 Å². The lowest BCUT2D eigenvalue weighted by Gasteiger charge is -2.20. The molecule has 0 N–H and O–H groups in total. The average Bonchev–Trinajstić information content (AvgIpc) is 2.58. The summed E-state index contributed by atoms with van der Waals surface area (Å²) >= 11 is 0. The van der Waals surface area contributed by atoms with Crippen molar-refractivity contribution in [3.63, 3.8) is 0 Å². The van der Waals surface area contributed by atoms with Crippen molar-refractivity contribution in [3.8, 4) is 5.75 Å². The van der Waals surface area contributed by atoms with Gasteiger partial charge in [-0.05, 0) is 44.2 Å². The maximum atomic E-state index is 10.8. The Hall–Kier alpha value is -2.36. The summed E-state index contributed by atoms with van der Waals surface area (Å²) in [5.41, 5.74) is 0.938. The smallest absolute Gasteiger partial charge is 0.335 e. The lowest BCUT2D eigenvalue weighted by Crippen LogP contribution is -2.19. The van der Waals surface area contributed by atoms with E-state index in [0.29, 0.717) is 5.75 Å². The number of aryl methyl sites for hydroxylation is 1. The first-order valence-corrected chi connectivity index (χ1v) is 7.79. The fourth-order valence-electron chi connectivity index (χ4n) is 2.22. The first-order chi connectivity index (χ1) is 11.1. The molecule has 0 bridgehead atoms. The van der Waals surface area contributed by atoms with Crippen molar-refractivity contribution >= 4 is 11.9 Å². The first kappa shape index (κ1) is 18.7. The summed E-state index contributed by atoms with van der Waals surface area (Å²) in [6, 6.07) is 7.34. The highest BCUT2D eigenvalue weighted by molar-refractivity contribution is 5.83. The molecule has 0 aromatic heterocycles. The third kappa shape index (κ3) is 7.45. The number of carbonyl (C=O) groups excluding carboxylic acids is 2. The van der Waals surface area contributed by atoms with E-state index in [0.717, 1.165) is 24.5 Å². The van der Waals surface area contributed by atoms with E-state index in [1.165, 1.54) is 25.3 Å². The average molecular weight is 316 g/mol. The van der Waals surface area contributed by atoms with Crippen LogP contribution in [-0.4, -0.2) is 18.0 Å². The van der Waals surface area contributed by atoms with Gasteiger partial charge < -0.3 is 9.47 Å². The van der Waals surface area contributed by atoms with Crippen molar-refractivity contribution in [3.05, 3.63) is 55.1 Å². The van der Waals surface area contributed by atoms with Crippen LogP contribution in [0.2, 0.25) is 0 Å². The molecule has 124 valence electrons. The second-order valence-electron chi connectivity index (χ2n) is 5.29. The van der Waals surface area contributed by atoms with Crippen molar-refractivity contribution in [2.45, 2.75) is 45.1 Å². The van der Waals surface area contributed by atoms with Crippen LogP contribution in [0, 0.1) is 6.92 Å². The Morgan fingerprint density at radius 1 is 1.04 bits per heavy atom. The summed E-state index contributed by atoms with van der Waals surface area (Å²) in [4.78, 5) is 21.5. The summed E-state index contributed by atoms with van der Waals surface area (Å²) in [6.07, 6.45) is 8.25. The van der Waals surface area contributed by atoms with Crippen LogP contribution in [-0.2, 0) is 14.3 Å². The minimum atomic E-state index is -0.427. The monoisotopic (exact) mass is 316 g/mol. The van der Waals surface area contributed by atoms with E-state index in [4.69, 9.17) is 9.47 Å². The van der Waals surface area contributed by atoms with Crippen molar-refractivity contribution in [1.82, 2.24) is 0 Å². The Kier molecular flexibility index (Phi) is 8.43. The Bertz CT molecular complexity index is 542. The van der Waals surface area contributed by atoms with Gasteiger partial charge in [-0.1, -0.05) is 37.8 Å². The molecule has 0 unspecified atom stereocenters. The molecule has 0 atom stereocenters. The van der Waals surface area contributed by atoms with Crippen LogP contribution >= 0.6 is 0 Å². The molecule has 0 radical (unpaired) electrons. The van der Waals surface area contributed by atoms with Gasteiger partial charge in [0.1, 0.15) is 11.9 Å². The summed E-state index contributed by atoms with van der Waals surface area (Å²) in [6.45, 7) is 8.54. The molecule has 23 heavy (non-hydrogen) atoms. The Labute approximate surface area is 137 Å². The number of para-hydroxylation sites is 1. The van der Waals surface area contributed by atoms with E-state index in [-0.39, 0.29) is 12.1 Å². The molecule has 0 heterocycles. The Morgan fingerprint density at radius 3 is 2.22 bits per heavy atom. The van der Waals surface area contributed by atoms with Gasteiger partial charge in [0.15, 0.2) is 0 Å². The Balaban J connectivity index is 0.000000231. The topological polar surface area (TPSA) is 52.6 Å². The minimum absolute atomic E-state index is 0.161. The van der Waals surface area contributed by atoms with Crippen molar-refractivity contribution in [1.29, 1.82) is 0 Å². The standard InChI is InChI=1S/C10H10O2.C9H14O2/c1-3-10(11)12-9-7-5-4-6-8(9)2;1-2-9(10)11-8-6-4-3-5-7-8/h3-7H,1H2,2H3;2,8H,1,3-7H2. The zero-order chi connectivity index (χ0) is 17.1. The molecule has 0 spiro atoms. The summed E-state index contributed by atoms with van der Waals surface area (Å²) in [7, 11) is 0. The van der Waals surface area contributed by atoms with Crippen LogP contribution in [0.3, 0.4) is 0 Å². The quantitative estimate of drug-likeness (QED) is 0.476. The highest BCUT2D eigenvalue weighted by atomic mass is 16.5. The van der Waals surface area contributed by atoms with Gasteiger partial charge in [-0.2, -0.15) is 0 Å². The molecule has 1 aromatic rings. The molecule has 0 aliphatic heterocycles. The molecule has 1 aliphatic rings. The van der Waals surface area contributed by atoms with Gasteiger partial charge in [-0.3, -0.25) is 0 Å². The number of esters is 2. The SMILES string of the molecule is C=CC(=O)OC1CCCCC1.C=CC(=O)Oc1ccccc1C. The fourth-order valence-corrected chi connectivity index (χ4v) is 2.22. The second-order valence-corrected chi connectivity index (χ2v) is 5.29. The maximum Gasteiger partial charge on any atom is 0.335 e. The van der Waals surface area contributed by atoms with Crippen LogP contribution in [0.25, 0.3) is 0 Å². The number of hydrogen-bond donors (Lipinski definition) is 0. The summed E-state index contributed by atoms with van der Waals surface area (Å²) in [5, 5.41) is 0. The molecule has 0 amide bonds. The van der Waals surface area contributed by atoms with Gasteiger partial charge in [0.05, 0.1) is 0 Å². The van der Waals surface area contributed by atoms with Crippen LogP contribution in [0.4, 0.5) is 0 Å². The highest BCUT2D eigenvalue weighted by Crippen LogP contribution is 2.20. The number of benzene rings is 1. The van der Waals surface area contributed by atoms with E-state index in [9.17, 15) is 9.59 Å². The lowest BCUT2D eigenvalue weighted by molar-refractivity contribution is -0.144. The van der Waals surface area contributed by atoms with Crippen LogP contribution < -0.4 is 4.74 Å². The van der Waals surface area contributed by atoms with Crippen LogP contribution in [0.15, 0.2) is 49.6 Å². The molecular formula is C19H24O4. The maximum absolute atomic E-state index is 10.8. The van der Waals surface area contributed by atoms with Gasteiger partial charge in [-0.25, -0.2) is 9.59 Å². The van der Waals surface area contributed by atoms with E-state index in [2.05, 4.69) is 13.2 Å². The normalized spacial score (nSPS) is 14.0. The zero-order valence-electron chi connectivity index (χ0n) is 13.6. The predicted octanol–water partition coefficient (Wildman–Crippen LogP) is 4.13. The molecule has 1 fully saturated rings. The largest absolute Gasteiger partial charge is 0.459 e. The van der Waals surface area contributed by atoms with E-state index < -0.39 is 5.97 Å². The number of rotatable bonds is 4. The van der Waals surface area contributed by atoms with Gasteiger partial charge in [0, 0.05) is 12.2 Å². The van der Waals surface area contributed by atoms with Gasteiger partial charge in [0.2, 0.25) is 0 Å². The second kappa shape index (κ2) is 10.4. The van der Waals surface area contributed by atoms with Crippen molar-refractivity contribution < 1.29 is 19.1 Å². The van der Waals surface area contributed by atoms with Gasteiger partial charge >= 0.3 is 11.9 Å². The van der Waals surface area contributed by atoms with Crippen molar-refractivity contribution in [2.75, 3.05) is 0 Å². The summed E-state index contributed by atoms with van der Waals surface area (Å²) < 4.78 is 10.0. The zero-order valence-corrected chi connectivity index (χ0v) is 13.6. The molecule has 4 nitrogen and oxygen atoms in total. The summed E-state index contributed by atoms with van der Waals surface area (Å²) in [5.74, 6) is -0.122. The third-order valence-electron chi connectivity index (χ3n) is 3.47.